The molecule has 3 aromatic rings. The summed E-state index contributed by atoms with van der Waals surface area (Å²) in [7, 11) is 0. The fraction of sp³-hybridized carbons (Fsp3) is 0.281. The quantitative estimate of drug-likeness (QED) is 0.0809. The van der Waals surface area contributed by atoms with Crippen LogP contribution in [0.2, 0.25) is 5.02 Å². The largest absolute Gasteiger partial charge is 0.494 e. The maximum absolute atomic E-state index is 13.0. The molecule has 0 aliphatic rings. The third kappa shape index (κ3) is 10.7. The molecule has 3 aromatic carbocycles. The summed E-state index contributed by atoms with van der Waals surface area (Å²) in [5, 5.41) is 0.668. The number of allylic oxidation sites excluding steroid dienone is 1. The molecule has 8 nitrogen and oxygen atoms in total. The number of benzene rings is 3. The van der Waals surface area contributed by atoms with E-state index in [1.807, 2.05) is 36.4 Å². The van der Waals surface area contributed by atoms with Crippen molar-refractivity contribution in [3.05, 3.63) is 94.5 Å². The zero-order valence-electron chi connectivity index (χ0n) is 23.1. The molecule has 0 saturated heterocycles. The Morgan fingerprint density at radius 3 is 2.20 bits per heavy atom. The Bertz CT molecular complexity index is 1330. The van der Waals surface area contributed by atoms with Gasteiger partial charge in [-0.25, -0.2) is 9.59 Å². The number of esters is 2. The molecule has 0 saturated carbocycles. The predicted octanol–water partition coefficient (Wildman–Crippen LogP) is 6.59. The van der Waals surface area contributed by atoms with E-state index < -0.39 is 18.5 Å². The molecule has 0 N–H and O–H groups in total. The average molecular weight is 581 g/mol. The van der Waals surface area contributed by atoms with E-state index in [2.05, 4.69) is 0 Å². The van der Waals surface area contributed by atoms with Crippen LogP contribution >= 0.6 is 11.6 Å². The third-order valence-corrected chi connectivity index (χ3v) is 5.84. The van der Waals surface area contributed by atoms with Gasteiger partial charge in [-0.1, -0.05) is 29.8 Å². The van der Waals surface area contributed by atoms with Gasteiger partial charge in [0.25, 0.3) is 0 Å². The number of carbonyl (C=O) groups excluding carboxylic acids is 3. The van der Waals surface area contributed by atoms with E-state index in [0.717, 1.165) is 24.2 Å². The number of hydrogen-bond donors (Lipinski definition) is 0. The second-order valence-corrected chi connectivity index (χ2v) is 9.09. The van der Waals surface area contributed by atoms with Gasteiger partial charge in [0.2, 0.25) is 0 Å². The number of ether oxygens (including phenoxy) is 5. The maximum Gasteiger partial charge on any atom is 0.344 e. The molecule has 0 radical (unpaired) electrons. The lowest BCUT2D eigenvalue weighted by atomic mass is 10.0. The van der Waals surface area contributed by atoms with Crippen molar-refractivity contribution < 1.29 is 38.1 Å². The summed E-state index contributed by atoms with van der Waals surface area (Å²) in [5.41, 5.74) is 1.15. The maximum atomic E-state index is 13.0. The average Bonchev–Trinajstić information content (AvgIpc) is 2.98. The Morgan fingerprint density at radius 2 is 1.49 bits per heavy atom. The van der Waals surface area contributed by atoms with Crippen molar-refractivity contribution in [2.24, 2.45) is 0 Å². The molecule has 0 unspecified atom stereocenters. The Hall–Kier alpha value is -4.30. The van der Waals surface area contributed by atoms with Crippen LogP contribution in [0.5, 0.6) is 17.2 Å². The van der Waals surface area contributed by atoms with Crippen LogP contribution in [0.15, 0.2) is 72.8 Å². The predicted molar refractivity (Wildman–Crippen MR) is 156 cm³/mol. The van der Waals surface area contributed by atoms with Gasteiger partial charge in [0.15, 0.2) is 12.4 Å². The van der Waals surface area contributed by atoms with E-state index in [0.29, 0.717) is 24.0 Å². The molecule has 0 aliphatic carbocycles. The second kappa shape index (κ2) is 16.7. The lowest BCUT2D eigenvalue weighted by Crippen LogP contribution is -2.16. The van der Waals surface area contributed by atoms with Gasteiger partial charge in [-0.3, -0.25) is 4.79 Å². The van der Waals surface area contributed by atoms with Crippen LogP contribution in [0.25, 0.3) is 6.08 Å². The molecular formula is C32H33ClO8. The molecule has 0 bridgehead atoms. The van der Waals surface area contributed by atoms with Crippen molar-refractivity contribution in [2.45, 2.75) is 26.7 Å². The number of rotatable bonds is 16. The van der Waals surface area contributed by atoms with Crippen molar-refractivity contribution in [2.75, 3.05) is 33.0 Å². The molecule has 3 rings (SSSR count). The van der Waals surface area contributed by atoms with Crippen molar-refractivity contribution >= 4 is 35.4 Å². The Kier molecular flexibility index (Phi) is 12.7. The summed E-state index contributed by atoms with van der Waals surface area (Å²) in [5.74, 6) is 0.0110. The van der Waals surface area contributed by atoms with Crippen LogP contribution < -0.4 is 14.2 Å². The molecule has 41 heavy (non-hydrogen) atoms. The van der Waals surface area contributed by atoms with Gasteiger partial charge < -0.3 is 23.7 Å². The topological polar surface area (TPSA) is 97.4 Å². The lowest BCUT2D eigenvalue weighted by Gasteiger charge is -2.11. The molecule has 0 heterocycles. The van der Waals surface area contributed by atoms with Crippen LogP contribution in [0.4, 0.5) is 0 Å². The first-order valence-corrected chi connectivity index (χ1v) is 13.7. The van der Waals surface area contributed by atoms with E-state index in [1.54, 1.807) is 32.1 Å². The molecular weight excluding hydrogens is 548 g/mol. The van der Waals surface area contributed by atoms with Crippen LogP contribution in [0.1, 0.15) is 53.0 Å². The van der Waals surface area contributed by atoms with Gasteiger partial charge in [-0.2, -0.15) is 0 Å². The fourth-order valence-electron chi connectivity index (χ4n) is 3.61. The zero-order chi connectivity index (χ0) is 29.5. The number of carbonyl (C=O) groups is 3. The highest BCUT2D eigenvalue weighted by atomic mass is 35.5. The Balaban J connectivity index is 1.57. The number of hydrogen-bond acceptors (Lipinski definition) is 8. The van der Waals surface area contributed by atoms with Crippen molar-refractivity contribution in [1.29, 1.82) is 0 Å². The first-order chi connectivity index (χ1) is 19.9. The minimum absolute atomic E-state index is 0.0791. The van der Waals surface area contributed by atoms with Crippen molar-refractivity contribution in [1.82, 2.24) is 0 Å². The SMILES string of the molecule is CCOC(=O)COc1cc(C(=O)OCC)ccc1C(=O)/C=C/c1cccc(OCCCCOc2ccc(Cl)cc2)c1. The summed E-state index contributed by atoms with van der Waals surface area (Å²) in [6.45, 7) is 4.45. The van der Waals surface area contributed by atoms with Gasteiger partial charge in [-0.15, -0.1) is 0 Å². The van der Waals surface area contributed by atoms with Gasteiger partial charge in [0.1, 0.15) is 17.2 Å². The summed E-state index contributed by atoms with van der Waals surface area (Å²) >= 11 is 5.88. The number of halogens is 1. The van der Waals surface area contributed by atoms with Crippen molar-refractivity contribution in [3.8, 4) is 17.2 Å². The smallest absolute Gasteiger partial charge is 0.344 e. The molecule has 9 heteroatoms. The number of ketones is 1. The van der Waals surface area contributed by atoms with Crippen LogP contribution in [0, 0.1) is 0 Å². The van der Waals surface area contributed by atoms with Gasteiger partial charge in [-0.05, 0) is 92.9 Å². The van der Waals surface area contributed by atoms with Gasteiger partial charge >= 0.3 is 11.9 Å². The summed E-state index contributed by atoms with van der Waals surface area (Å²) < 4.78 is 27.0. The number of unbranched alkanes of at least 4 members (excludes halogenated alkanes) is 1. The monoisotopic (exact) mass is 580 g/mol. The molecule has 0 aromatic heterocycles. The first-order valence-electron chi connectivity index (χ1n) is 13.3. The standard InChI is InChI=1S/C32H33ClO8/c1-3-37-31(35)22-41-30-21-24(32(36)38-4-2)11-16-28(30)29(34)17-10-23-8-7-9-27(20-23)40-19-6-5-18-39-26-14-12-25(33)13-15-26/h7-17,20-21H,3-6,18-19,22H2,1-2H3/b17-10+. The van der Waals surface area contributed by atoms with Crippen LogP contribution in [0.3, 0.4) is 0 Å². The highest BCUT2D eigenvalue weighted by Crippen LogP contribution is 2.24. The molecule has 0 aliphatic heterocycles. The highest BCUT2D eigenvalue weighted by molar-refractivity contribution is 6.30. The van der Waals surface area contributed by atoms with Crippen molar-refractivity contribution in [3.63, 3.8) is 0 Å². The zero-order valence-corrected chi connectivity index (χ0v) is 23.9. The summed E-state index contributed by atoms with van der Waals surface area (Å²) in [6.07, 6.45) is 4.68. The van der Waals surface area contributed by atoms with Crippen LogP contribution in [-0.2, 0) is 14.3 Å². The van der Waals surface area contributed by atoms with Gasteiger partial charge in [0, 0.05) is 5.02 Å². The lowest BCUT2D eigenvalue weighted by molar-refractivity contribution is -0.145. The highest BCUT2D eigenvalue weighted by Gasteiger charge is 2.16. The van der Waals surface area contributed by atoms with E-state index in [4.69, 9.17) is 35.3 Å². The minimum atomic E-state index is -0.589. The molecule has 0 spiro atoms. The fourth-order valence-corrected chi connectivity index (χ4v) is 3.74. The van der Waals surface area contributed by atoms with E-state index in [9.17, 15) is 14.4 Å². The molecule has 0 fully saturated rings. The normalized spacial score (nSPS) is 10.7. The first kappa shape index (κ1) is 31.2. The summed E-state index contributed by atoms with van der Waals surface area (Å²) in [4.78, 5) is 37.0. The van der Waals surface area contributed by atoms with E-state index in [-0.39, 0.29) is 35.9 Å². The molecule has 0 atom stereocenters. The molecule has 0 amide bonds. The summed E-state index contributed by atoms with van der Waals surface area (Å²) in [6, 6.07) is 18.9. The van der Waals surface area contributed by atoms with E-state index >= 15 is 0 Å². The van der Waals surface area contributed by atoms with Crippen LogP contribution in [-0.4, -0.2) is 50.8 Å². The van der Waals surface area contributed by atoms with E-state index in [1.165, 1.54) is 24.3 Å². The third-order valence-electron chi connectivity index (χ3n) is 5.58. The Labute approximate surface area is 244 Å². The molecule has 216 valence electrons. The van der Waals surface area contributed by atoms with Gasteiger partial charge in [0.05, 0.1) is 37.6 Å². The minimum Gasteiger partial charge on any atom is -0.494 e. The Morgan fingerprint density at radius 1 is 0.780 bits per heavy atom. The second-order valence-electron chi connectivity index (χ2n) is 8.65.